The molecule has 2 amide bonds. The Morgan fingerprint density at radius 2 is 1.61 bits per heavy atom. The van der Waals surface area contributed by atoms with Crippen LogP contribution < -0.4 is 15.4 Å². The highest BCUT2D eigenvalue weighted by molar-refractivity contribution is 7.03. The van der Waals surface area contributed by atoms with Crippen molar-refractivity contribution in [3.63, 3.8) is 0 Å². The fraction of sp³-hybridized carbons (Fsp3) is 0.0625. The number of anilines is 2. The molecular formula is C16H14N4O2S. The SMILES string of the molecule is COc1ccc(NC(=O)Nc2ccc(-c3csnn3)cc2)cc1. The lowest BCUT2D eigenvalue weighted by Crippen LogP contribution is -2.19. The predicted molar refractivity (Wildman–Crippen MR) is 91.0 cm³/mol. The third kappa shape index (κ3) is 3.83. The first kappa shape index (κ1) is 15.0. The average Bonchev–Trinajstić information content (AvgIpc) is 3.11. The molecule has 0 radical (unpaired) electrons. The fourth-order valence-corrected chi connectivity index (χ4v) is 2.45. The van der Waals surface area contributed by atoms with Crippen molar-refractivity contribution in [2.75, 3.05) is 17.7 Å². The van der Waals surface area contributed by atoms with Crippen LogP contribution in [0.2, 0.25) is 0 Å². The van der Waals surface area contributed by atoms with E-state index in [4.69, 9.17) is 4.74 Å². The first-order valence-electron chi connectivity index (χ1n) is 6.84. The number of ether oxygens (including phenoxy) is 1. The number of carbonyl (C=O) groups excluding carboxylic acids is 1. The van der Waals surface area contributed by atoms with E-state index in [1.807, 2.05) is 29.6 Å². The minimum atomic E-state index is -0.307. The number of hydrogen-bond acceptors (Lipinski definition) is 5. The van der Waals surface area contributed by atoms with Gasteiger partial charge in [0.15, 0.2) is 0 Å². The first-order valence-corrected chi connectivity index (χ1v) is 7.68. The molecule has 3 rings (SSSR count). The molecule has 3 aromatic rings. The molecule has 0 fully saturated rings. The van der Waals surface area contributed by atoms with Gasteiger partial charge in [0.05, 0.1) is 7.11 Å². The lowest BCUT2D eigenvalue weighted by molar-refractivity contribution is 0.262. The Balaban J connectivity index is 1.61. The maximum atomic E-state index is 12.0. The predicted octanol–water partition coefficient (Wildman–Crippen LogP) is 3.86. The molecule has 0 spiro atoms. The molecule has 0 bridgehead atoms. The summed E-state index contributed by atoms with van der Waals surface area (Å²) in [5.74, 6) is 0.739. The smallest absolute Gasteiger partial charge is 0.323 e. The second kappa shape index (κ2) is 6.89. The van der Waals surface area contributed by atoms with Gasteiger partial charge in [0.2, 0.25) is 0 Å². The van der Waals surface area contributed by atoms with Crippen LogP contribution in [0.1, 0.15) is 0 Å². The summed E-state index contributed by atoms with van der Waals surface area (Å²) in [6.45, 7) is 0. The Bertz CT molecular complexity index is 771. The zero-order valence-electron chi connectivity index (χ0n) is 12.3. The van der Waals surface area contributed by atoms with Gasteiger partial charge >= 0.3 is 6.03 Å². The molecule has 0 unspecified atom stereocenters. The van der Waals surface area contributed by atoms with E-state index in [0.717, 1.165) is 17.0 Å². The normalized spacial score (nSPS) is 10.1. The molecule has 23 heavy (non-hydrogen) atoms. The molecule has 0 aliphatic carbocycles. The van der Waals surface area contributed by atoms with E-state index < -0.39 is 0 Å². The lowest BCUT2D eigenvalue weighted by atomic mass is 10.1. The molecule has 7 heteroatoms. The summed E-state index contributed by atoms with van der Waals surface area (Å²) >= 11 is 1.30. The molecule has 0 atom stereocenters. The van der Waals surface area contributed by atoms with Gasteiger partial charge in [-0.3, -0.25) is 0 Å². The van der Waals surface area contributed by atoms with Gasteiger partial charge in [-0.15, -0.1) is 5.10 Å². The topological polar surface area (TPSA) is 76.1 Å². The van der Waals surface area contributed by atoms with Gasteiger partial charge in [0.25, 0.3) is 0 Å². The Labute approximate surface area is 137 Å². The van der Waals surface area contributed by atoms with Gasteiger partial charge < -0.3 is 15.4 Å². The Morgan fingerprint density at radius 1 is 1.00 bits per heavy atom. The Kier molecular flexibility index (Phi) is 4.49. The zero-order chi connectivity index (χ0) is 16.1. The average molecular weight is 326 g/mol. The summed E-state index contributed by atoms with van der Waals surface area (Å²) in [4.78, 5) is 12.0. The Morgan fingerprint density at radius 3 is 2.13 bits per heavy atom. The van der Waals surface area contributed by atoms with Crippen LogP contribution in [0.25, 0.3) is 11.3 Å². The number of rotatable bonds is 4. The summed E-state index contributed by atoms with van der Waals surface area (Å²) in [7, 11) is 1.60. The number of hydrogen-bond donors (Lipinski definition) is 2. The number of methoxy groups -OCH3 is 1. The van der Waals surface area contributed by atoms with Crippen LogP contribution in [0.5, 0.6) is 5.75 Å². The van der Waals surface area contributed by atoms with Crippen LogP contribution in [0.4, 0.5) is 16.2 Å². The number of nitrogens with one attached hydrogen (secondary N) is 2. The highest BCUT2D eigenvalue weighted by Gasteiger charge is 2.05. The van der Waals surface area contributed by atoms with E-state index in [1.54, 1.807) is 31.4 Å². The van der Waals surface area contributed by atoms with Crippen LogP contribution in [-0.4, -0.2) is 22.7 Å². The van der Waals surface area contributed by atoms with E-state index in [1.165, 1.54) is 11.5 Å². The number of amides is 2. The summed E-state index contributed by atoms with van der Waals surface area (Å²) in [6.07, 6.45) is 0. The maximum Gasteiger partial charge on any atom is 0.323 e. The van der Waals surface area contributed by atoms with E-state index in [9.17, 15) is 4.79 Å². The number of urea groups is 1. The van der Waals surface area contributed by atoms with Gasteiger partial charge in [-0.1, -0.05) is 16.6 Å². The lowest BCUT2D eigenvalue weighted by Gasteiger charge is -2.08. The van der Waals surface area contributed by atoms with Crippen molar-refractivity contribution in [3.05, 3.63) is 53.9 Å². The summed E-state index contributed by atoms with van der Waals surface area (Å²) in [6, 6.07) is 14.2. The molecule has 116 valence electrons. The van der Waals surface area contributed by atoms with Gasteiger partial charge in [-0.05, 0) is 47.9 Å². The Hall–Kier alpha value is -2.93. The van der Waals surface area contributed by atoms with E-state index >= 15 is 0 Å². The van der Waals surface area contributed by atoms with Crippen molar-refractivity contribution < 1.29 is 9.53 Å². The number of nitrogens with zero attached hydrogens (tertiary/aromatic N) is 2. The van der Waals surface area contributed by atoms with Gasteiger partial charge in [0, 0.05) is 22.3 Å². The second-order valence-electron chi connectivity index (χ2n) is 4.68. The molecule has 0 aliphatic rings. The monoisotopic (exact) mass is 326 g/mol. The molecule has 1 heterocycles. The second-order valence-corrected chi connectivity index (χ2v) is 5.28. The quantitative estimate of drug-likeness (QED) is 0.763. The van der Waals surface area contributed by atoms with Crippen LogP contribution in [0.3, 0.4) is 0 Å². The largest absolute Gasteiger partial charge is 0.497 e. The van der Waals surface area contributed by atoms with Crippen molar-refractivity contribution >= 4 is 28.9 Å². The van der Waals surface area contributed by atoms with E-state index in [0.29, 0.717) is 11.4 Å². The standard InChI is InChI=1S/C16H14N4O2S/c1-22-14-8-6-13(7-9-14)18-16(21)17-12-4-2-11(3-5-12)15-10-23-20-19-15/h2-10H,1H3,(H2,17,18,21). The number of benzene rings is 2. The van der Waals surface area contributed by atoms with Crippen molar-refractivity contribution in [1.82, 2.24) is 9.59 Å². The minimum Gasteiger partial charge on any atom is -0.497 e. The third-order valence-corrected chi connectivity index (χ3v) is 3.65. The molecule has 0 aliphatic heterocycles. The summed E-state index contributed by atoms with van der Waals surface area (Å²) in [5, 5.41) is 11.4. The van der Waals surface area contributed by atoms with Gasteiger partial charge in [-0.25, -0.2) is 4.79 Å². The van der Waals surface area contributed by atoms with Crippen LogP contribution in [-0.2, 0) is 0 Å². The van der Waals surface area contributed by atoms with Crippen molar-refractivity contribution in [1.29, 1.82) is 0 Å². The molecule has 6 nitrogen and oxygen atoms in total. The van der Waals surface area contributed by atoms with Gasteiger partial charge in [-0.2, -0.15) is 0 Å². The van der Waals surface area contributed by atoms with Gasteiger partial charge in [0.1, 0.15) is 11.4 Å². The van der Waals surface area contributed by atoms with Crippen LogP contribution in [0, 0.1) is 0 Å². The number of carbonyl (C=O) groups is 1. The van der Waals surface area contributed by atoms with Crippen molar-refractivity contribution in [2.24, 2.45) is 0 Å². The summed E-state index contributed by atoms with van der Waals surface area (Å²) in [5.41, 5.74) is 3.17. The fourth-order valence-electron chi connectivity index (χ4n) is 1.98. The molecule has 0 saturated heterocycles. The highest BCUT2D eigenvalue weighted by Crippen LogP contribution is 2.20. The van der Waals surface area contributed by atoms with E-state index in [2.05, 4.69) is 20.2 Å². The van der Waals surface area contributed by atoms with Crippen molar-refractivity contribution in [2.45, 2.75) is 0 Å². The molecule has 2 aromatic carbocycles. The highest BCUT2D eigenvalue weighted by atomic mass is 32.1. The molecule has 2 N–H and O–H groups in total. The maximum absolute atomic E-state index is 12.0. The zero-order valence-corrected chi connectivity index (χ0v) is 13.1. The summed E-state index contributed by atoms with van der Waals surface area (Å²) < 4.78 is 8.91. The number of aromatic nitrogens is 2. The minimum absolute atomic E-state index is 0.307. The first-order chi connectivity index (χ1) is 11.2. The van der Waals surface area contributed by atoms with Crippen LogP contribution >= 0.6 is 11.5 Å². The molecule has 0 saturated carbocycles. The molecule has 1 aromatic heterocycles. The van der Waals surface area contributed by atoms with Crippen molar-refractivity contribution in [3.8, 4) is 17.0 Å². The molecular weight excluding hydrogens is 312 g/mol. The third-order valence-electron chi connectivity index (χ3n) is 3.15. The van der Waals surface area contributed by atoms with Crippen LogP contribution in [0.15, 0.2) is 53.9 Å². The van der Waals surface area contributed by atoms with E-state index in [-0.39, 0.29) is 6.03 Å².